The largest absolute Gasteiger partial charge is 0.303 e. The molecule has 3 aliphatic rings. The molecule has 15 heavy (non-hydrogen) atoms. The van der Waals surface area contributed by atoms with Crippen molar-refractivity contribution in [2.24, 2.45) is 29.1 Å². The Balaban J connectivity index is 1.49. The highest BCUT2D eigenvalue weighted by Crippen LogP contribution is 2.74. The lowest BCUT2D eigenvalue weighted by molar-refractivity contribution is 0.0363. The first-order chi connectivity index (χ1) is 7.04. The quantitative estimate of drug-likeness (QED) is 0.687. The van der Waals surface area contributed by atoms with E-state index in [2.05, 4.69) is 32.7 Å². The van der Waals surface area contributed by atoms with Gasteiger partial charge in [0.25, 0.3) is 0 Å². The van der Waals surface area contributed by atoms with Gasteiger partial charge in [0.05, 0.1) is 0 Å². The Morgan fingerprint density at radius 2 is 1.87 bits per heavy atom. The summed E-state index contributed by atoms with van der Waals surface area (Å²) in [5, 5.41) is 0. The summed E-state index contributed by atoms with van der Waals surface area (Å²) < 4.78 is 0. The highest BCUT2D eigenvalue weighted by Gasteiger charge is 2.68. The lowest BCUT2D eigenvalue weighted by Crippen LogP contribution is -2.49. The van der Waals surface area contributed by atoms with Crippen LogP contribution in [0.25, 0.3) is 0 Å². The summed E-state index contributed by atoms with van der Waals surface area (Å²) in [4.78, 5) is 2.66. The van der Waals surface area contributed by atoms with Crippen LogP contribution in [0.2, 0.25) is 0 Å². The summed E-state index contributed by atoms with van der Waals surface area (Å²) in [5.41, 5.74) is 0.854. The zero-order chi connectivity index (χ0) is 10.8. The molecule has 6 unspecified atom stereocenters. The fourth-order valence-corrected chi connectivity index (χ4v) is 4.07. The van der Waals surface area contributed by atoms with Crippen molar-refractivity contribution >= 4 is 0 Å². The molecule has 1 nitrogen and oxygen atoms in total. The molecule has 6 atom stereocenters. The van der Waals surface area contributed by atoms with Crippen molar-refractivity contribution in [3.8, 4) is 0 Å². The molecular formula is C14H25N. The van der Waals surface area contributed by atoms with Crippen LogP contribution < -0.4 is 0 Å². The lowest BCUT2D eigenvalue weighted by atomic mass is 9.71. The molecule has 3 aliphatic carbocycles. The molecule has 0 aliphatic heterocycles. The summed E-state index contributed by atoms with van der Waals surface area (Å²) >= 11 is 0. The molecule has 3 saturated carbocycles. The zero-order valence-electron chi connectivity index (χ0n) is 10.7. The topological polar surface area (TPSA) is 3.24 Å². The molecule has 0 amide bonds. The summed E-state index contributed by atoms with van der Waals surface area (Å²) in [5.74, 6) is 4.00. The second-order valence-electron chi connectivity index (χ2n) is 6.82. The van der Waals surface area contributed by atoms with Crippen molar-refractivity contribution in [1.29, 1.82) is 0 Å². The van der Waals surface area contributed by atoms with E-state index in [1.54, 1.807) is 0 Å². The lowest BCUT2D eigenvalue weighted by Gasteiger charge is -2.46. The fourth-order valence-electron chi connectivity index (χ4n) is 4.07. The first-order valence-electron chi connectivity index (χ1n) is 6.75. The highest BCUT2D eigenvalue weighted by molar-refractivity contribution is 5.17. The van der Waals surface area contributed by atoms with Crippen LogP contribution in [0.3, 0.4) is 0 Å². The Morgan fingerprint density at radius 1 is 1.20 bits per heavy atom. The van der Waals surface area contributed by atoms with Gasteiger partial charge in [-0.15, -0.1) is 0 Å². The molecule has 0 aromatic rings. The third kappa shape index (κ3) is 1.39. The average Bonchev–Trinajstić information content (AvgIpc) is 3.04. The molecule has 3 rings (SSSR count). The molecular weight excluding hydrogens is 182 g/mol. The maximum absolute atomic E-state index is 2.66. The van der Waals surface area contributed by atoms with E-state index in [1.807, 2.05) is 0 Å². The monoisotopic (exact) mass is 207 g/mol. The van der Waals surface area contributed by atoms with Crippen LogP contribution >= 0.6 is 0 Å². The van der Waals surface area contributed by atoms with E-state index >= 15 is 0 Å². The van der Waals surface area contributed by atoms with Crippen LogP contribution in [-0.4, -0.2) is 24.5 Å². The molecule has 0 heterocycles. The SMILES string of the molecule is CC1CC(N(C)CC2CC23CC3C)C1C. The second-order valence-corrected chi connectivity index (χ2v) is 6.82. The van der Waals surface area contributed by atoms with Crippen molar-refractivity contribution in [1.82, 2.24) is 4.90 Å². The van der Waals surface area contributed by atoms with Gasteiger partial charge in [-0.1, -0.05) is 20.8 Å². The highest BCUT2D eigenvalue weighted by atomic mass is 15.2. The van der Waals surface area contributed by atoms with Crippen molar-refractivity contribution in [3.63, 3.8) is 0 Å². The number of rotatable bonds is 3. The van der Waals surface area contributed by atoms with Crippen LogP contribution in [0.1, 0.15) is 40.0 Å². The maximum Gasteiger partial charge on any atom is 0.0123 e. The normalized spacial score (nSPS) is 57.0. The molecule has 0 aromatic heterocycles. The van der Waals surface area contributed by atoms with Gasteiger partial charge in [-0.3, -0.25) is 0 Å². The van der Waals surface area contributed by atoms with Crippen LogP contribution in [0.5, 0.6) is 0 Å². The molecule has 0 radical (unpaired) electrons. The smallest absolute Gasteiger partial charge is 0.0123 e. The molecule has 0 bridgehead atoms. The Morgan fingerprint density at radius 3 is 2.27 bits per heavy atom. The van der Waals surface area contributed by atoms with Crippen molar-refractivity contribution in [2.45, 2.75) is 46.1 Å². The van der Waals surface area contributed by atoms with Gasteiger partial charge in [-0.05, 0) is 55.4 Å². The molecule has 1 heteroatoms. The van der Waals surface area contributed by atoms with Crippen molar-refractivity contribution in [3.05, 3.63) is 0 Å². The van der Waals surface area contributed by atoms with E-state index in [1.165, 1.54) is 25.8 Å². The summed E-state index contributed by atoms with van der Waals surface area (Å²) in [6.07, 6.45) is 4.50. The van der Waals surface area contributed by atoms with E-state index in [4.69, 9.17) is 0 Å². The van der Waals surface area contributed by atoms with Gasteiger partial charge in [0.2, 0.25) is 0 Å². The molecule has 0 aromatic carbocycles. The first-order valence-corrected chi connectivity index (χ1v) is 6.75. The second kappa shape index (κ2) is 3.00. The summed E-state index contributed by atoms with van der Waals surface area (Å²) in [6, 6.07) is 0.895. The maximum atomic E-state index is 2.66. The van der Waals surface area contributed by atoms with E-state index < -0.39 is 0 Å². The minimum atomic E-state index is 0.854. The molecule has 86 valence electrons. The first kappa shape index (κ1) is 10.1. The Bertz CT molecular complexity index is 275. The summed E-state index contributed by atoms with van der Waals surface area (Å²) in [6.45, 7) is 8.65. The predicted molar refractivity (Wildman–Crippen MR) is 63.7 cm³/mol. The van der Waals surface area contributed by atoms with Gasteiger partial charge in [-0.2, -0.15) is 0 Å². The van der Waals surface area contributed by atoms with E-state index in [0.717, 1.165) is 35.1 Å². The molecule has 3 fully saturated rings. The standard InChI is InChI=1S/C14H25N/c1-9-5-13(11(9)3)15(4)8-12-7-14(12)6-10(14)2/h9-13H,5-8H2,1-4H3. The third-order valence-electron chi connectivity index (χ3n) is 5.98. The van der Waals surface area contributed by atoms with Gasteiger partial charge < -0.3 is 4.90 Å². The zero-order valence-corrected chi connectivity index (χ0v) is 10.7. The Hall–Kier alpha value is -0.0400. The minimum absolute atomic E-state index is 0.854. The Labute approximate surface area is 94.2 Å². The van der Waals surface area contributed by atoms with Crippen molar-refractivity contribution in [2.75, 3.05) is 13.6 Å². The van der Waals surface area contributed by atoms with E-state index in [9.17, 15) is 0 Å². The van der Waals surface area contributed by atoms with Gasteiger partial charge in [0, 0.05) is 12.6 Å². The van der Waals surface area contributed by atoms with Gasteiger partial charge in [0.1, 0.15) is 0 Å². The number of nitrogens with zero attached hydrogens (tertiary/aromatic N) is 1. The number of hydrogen-bond donors (Lipinski definition) is 0. The molecule has 0 saturated heterocycles. The van der Waals surface area contributed by atoms with Crippen LogP contribution in [-0.2, 0) is 0 Å². The van der Waals surface area contributed by atoms with Gasteiger partial charge in [-0.25, -0.2) is 0 Å². The van der Waals surface area contributed by atoms with Crippen LogP contribution in [0.4, 0.5) is 0 Å². The van der Waals surface area contributed by atoms with Gasteiger partial charge >= 0.3 is 0 Å². The minimum Gasteiger partial charge on any atom is -0.303 e. The third-order valence-corrected chi connectivity index (χ3v) is 5.98. The van der Waals surface area contributed by atoms with Crippen molar-refractivity contribution < 1.29 is 0 Å². The van der Waals surface area contributed by atoms with Gasteiger partial charge in [0.15, 0.2) is 0 Å². The van der Waals surface area contributed by atoms with E-state index in [0.29, 0.717) is 0 Å². The molecule has 1 spiro atoms. The van der Waals surface area contributed by atoms with Crippen LogP contribution in [0, 0.1) is 29.1 Å². The molecule has 0 N–H and O–H groups in total. The van der Waals surface area contributed by atoms with E-state index in [-0.39, 0.29) is 0 Å². The number of hydrogen-bond acceptors (Lipinski definition) is 1. The Kier molecular flexibility index (Phi) is 2.03. The fraction of sp³-hybridized carbons (Fsp3) is 1.00. The summed E-state index contributed by atoms with van der Waals surface area (Å²) in [7, 11) is 2.35. The van der Waals surface area contributed by atoms with Crippen LogP contribution in [0.15, 0.2) is 0 Å². The predicted octanol–water partition coefficient (Wildman–Crippen LogP) is 3.01. The average molecular weight is 207 g/mol.